The number of aromatic nitrogens is 2. The van der Waals surface area contributed by atoms with Gasteiger partial charge < -0.3 is 10.3 Å². The van der Waals surface area contributed by atoms with Crippen molar-refractivity contribution < 1.29 is 0 Å². The molecular formula is C13H17N3S. The highest BCUT2D eigenvalue weighted by molar-refractivity contribution is 7.13. The molecule has 17 heavy (non-hydrogen) atoms. The van der Waals surface area contributed by atoms with Crippen molar-refractivity contribution in [1.82, 2.24) is 15.3 Å². The van der Waals surface area contributed by atoms with Gasteiger partial charge in [0.05, 0.1) is 16.8 Å². The van der Waals surface area contributed by atoms with Crippen molar-refractivity contribution in [2.75, 3.05) is 13.1 Å². The summed E-state index contributed by atoms with van der Waals surface area (Å²) in [4.78, 5) is 9.21. The second-order valence-electron chi connectivity index (χ2n) is 4.62. The molecule has 0 aromatic carbocycles. The lowest BCUT2D eigenvalue weighted by Crippen LogP contribution is -2.28. The molecule has 2 aromatic heterocycles. The summed E-state index contributed by atoms with van der Waals surface area (Å²) in [5.74, 6) is 1.93. The maximum Gasteiger partial charge on any atom is 0.106 e. The molecule has 0 radical (unpaired) electrons. The normalized spacial score (nSPS) is 17.4. The molecule has 0 bridgehead atoms. The van der Waals surface area contributed by atoms with Crippen LogP contribution in [0, 0.1) is 5.92 Å². The Morgan fingerprint density at radius 2 is 2.24 bits per heavy atom. The number of hydrogen-bond donors (Lipinski definition) is 2. The van der Waals surface area contributed by atoms with Crippen molar-refractivity contribution in [1.29, 1.82) is 0 Å². The zero-order valence-corrected chi connectivity index (χ0v) is 10.6. The molecule has 3 rings (SSSR count). The average Bonchev–Trinajstić information content (AvgIpc) is 3.00. The summed E-state index contributed by atoms with van der Waals surface area (Å²) in [6.07, 6.45) is 5.60. The van der Waals surface area contributed by atoms with Gasteiger partial charge in [0.1, 0.15) is 5.82 Å². The maximum absolute atomic E-state index is 4.50. The van der Waals surface area contributed by atoms with Crippen molar-refractivity contribution in [2.24, 2.45) is 5.92 Å². The molecule has 0 unspecified atom stereocenters. The number of H-pyrrole nitrogens is 1. The van der Waals surface area contributed by atoms with Gasteiger partial charge in [-0.15, -0.1) is 11.3 Å². The van der Waals surface area contributed by atoms with Crippen LogP contribution in [0.2, 0.25) is 0 Å². The number of thiophene rings is 1. The van der Waals surface area contributed by atoms with E-state index >= 15 is 0 Å². The van der Waals surface area contributed by atoms with Crippen LogP contribution in [0.5, 0.6) is 0 Å². The summed E-state index contributed by atoms with van der Waals surface area (Å²) in [7, 11) is 0. The highest BCUT2D eigenvalue weighted by Crippen LogP contribution is 2.24. The summed E-state index contributed by atoms with van der Waals surface area (Å²) in [6.45, 7) is 2.31. The van der Waals surface area contributed by atoms with E-state index in [1.165, 1.54) is 17.7 Å². The van der Waals surface area contributed by atoms with Crippen LogP contribution in [-0.2, 0) is 6.42 Å². The number of aromatic amines is 1. The fourth-order valence-corrected chi connectivity index (χ4v) is 3.07. The molecule has 1 saturated heterocycles. The van der Waals surface area contributed by atoms with Crippen molar-refractivity contribution in [3.8, 4) is 10.6 Å². The van der Waals surface area contributed by atoms with Crippen molar-refractivity contribution in [3.05, 3.63) is 29.5 Å². The van der Waals surface area contributed by atoms with Gasteiger partial charge in [-0.1, -0.05) is 6.07 Å². The van der Waals surface area contributed by atoms with Gasteiger partial charge in [-0.3, -0.25) is 0 Å². The fourth-order valence-electron chi connectivity index (χ4n) is 2.38. The zero-order chi connectivity index (χ0) is 11.5. The first-order valence-electron chi connectivity index (χ1n) is 6.20. The minimum Gasteiger partial charge on any atom is -0.341 e. The highest BCUT2D eigenvalue weighted by Gasteiger charge is 2.15. The molecule has 0 amide bonds. The quantitative estimate of drug-likeness (QED) is 0.875. The number of rotatable bonds is 3. The van der Waals surface area contributed by atoms with Gasteiger partial charge in [0.15, 0.2) is 0 Å². The second-order valence-corrected chi connectivity index (χ2v) is 5.57. The first-order chi connectivity index (χ1) is 8.42. The van der Waals surface area contributed by atoms with E-state index in [0.29, 0.717) is 0 Å². The first-order valence-corrected chi connectivity index (χ1v) is 7.08. The Labute approximate surface area is 105 Å². The lowest BCUT2D eigenvalue weighted by Gasteiger charge is -2.21. The number of imidazole rings is 1. The van der Waals surface area contributed by atoms with Gasteiger partial charge in [0.25, 0.3) is 0 Å². The van der Waals surface area contributed by atoms with Crippen LogP contribution in [0.3, 0.4) is 0 Å². The molecular weight excluding hydrogens is 230 g/mol. The standard InChI is InChI=1S/C13H17N3S/c1-2-12(17-7-1)11-9-15-13(16-11)8-10-3-5-14-6-4-10/h1-2,7,9-10,14H,3-6,8H2,(H,15,16). The molecule has 2 aromatic rings. The molecule has 0 atom stereocenters. The minimum atomic E-state index is 0.790. The molecule has 0 saturated carbocycles. The van der Waals surface area contributed by atoms with E-state index in [2.05, 4.69) is 32.8 Å². The Balaban J connectivity index is 1.68. The van der Waals surface area contributed by atoms with Gasteiger partial charge in [0.2, 0.25) is 0 Å². The van der Waals surface area contributed by atoms with E-state index in [1.54, 1.807) is 11.3 Å². The van der Waals surface area contributed by atoms with Gasteiger partial charge >= 0.3 is 0 Å². The third-order valence-corrected chi connectivity index (χ3v) is 4.26. The summed E-state index contributed by atoms with van der Waals surface area (Å²) < 4.78 is 0. The number of hydrogen-bond acceptors (Lipinski definition) is 3. The van der Waals surface area contributed by atoms with E-state index in [1.807, 2.05) is 6.20 Å². The summed E-state index contributed by atoms with van der Waals surface area (Å²) >= 11 is 1.75. The molecule has 1 fully saturated rings. The Morgan fingerprint density at radius 3 is 3.00 bits per heavy atom. The first kappa shape index (κ1) is 11.0. The molecule has 90 valence electrons. The largest absolute Gasteiger partial charge is 0.341 e. The molecule has 2 N–H and O–H groups in total. The van der Waals surface area contributed by atoms with Crippen LogP contribution in [-0.4, -0.2) is 23.1 Å². The second kappa shape index (κ2) is 5.02. The molecule has 3 nitrogen and oxygen atoms in total. The predicted molar refractivity (Wildman–Crippen MR) is 71.2 cm³/mol. The summed E-state index contributed by atoms with van der Waals surface area (Å²) in [6, 6.07) is 4.21. The Kier molecular flexibility index (Phi) is 3.25. The monoisotopic (exact) mass is 247 g/mol. The topological polar surface area (TPSA) is 40.7 Å². The third-order valence-electron chi connectivity index (χ3n) is 3.36. The van der Waals surface area contributed by atoms with E-state index < -0.39 is 0 Å². The van der Waals surface area contributed by atoms with E-state index in [0.717, 1.165) is 36.9 Å². The minimum absolute atomic E-state index is 0.790. The SMILES string of the molecule is c1csc(-c2cnc(CC3CCNCC3)[nH]2)c1. The van der Waals surface area contributed by atoms with E-state index in [4.69, 9.17) is 0 Å². The van der Waals surface area contributed by atoms with E-state index in [9.17, 15) is 0 Å². The third kappa shape index (κ3) is 2.58. The van der Waals surface area contributed by atoms with Crippen LogP contribution in [0.4, 0.5) is 0 Å². The Morgan fingerprint density at radius 1 is 1.35 bits per heavy atom. The van der Waals surface area contributed by atoms with Crippen molar-refractivity contribution in [2.45, 2.75) is 19.3 Å². The number of nitrogens with one attached hydrogen (secondary N) is 2. The molecule has 3 heterocycles. The van der Waals surface area contributed by atoms with Crippen molar-refractivity contribution in [3.63, 3.8) is 0 Å². The molecule has 1 aliphatic rings. The summed E-state index contributed by atoms with van der Waals surface area (Å²) in [5, 5.41) is 5.50. The Hall–Kier alpha value is -1.13. The van der Waals surface area contributed by atoms with Crippen LogP contribution >= 0.6 is 11.3 Å². The molecule has 0 aliphatic carbocycles. The Bertz CT molecular complexity index is 455. The zero-order valence-electron chi connectivity index (χ0n) is 9.78. The smallest absolute Gasteiger partial charge is 0.106 e. The number of nitrogens with zero attached hydrogens (tertiary/aromatic N) is 1. The average molecular weight is 247 g/mol. The summed E-state index contributed by atoms with van der Waals surface area (Å²) in [5.41, 5.74) is 1.16. The van der Waals surface area contributed by atoms with Crippen molar-refractivity contribution >= 4 is 11.3 Å². The lowest BCUT2D eigenvalue weighted by atomic mass is 9.94. The highest BCUT2D eigenvalue weighted by atomic mass is 32.1. The van der Waals surface area contributed by atoms with Crippen LogP contribution in [0.1, 0.15) is 18.7 Å². The van der Waals surface area contributed by atoms with Crippen LogP contribution in [0.25, 0.3) is 10.6 Å². The predicted octanol–water partition coefficient (Wildman–Crippen LogP) is 2.68. The fraction of sp³-hybridized carbons (Fsp3) is 0.462. The van der Waals surface area contributed by atoms with Gasteiger partial charge in [-0.2, -0.15) is 0 Å². The van der Waals surface area contributed by atoms with Gasteiger partial charge in [-0.25, -0.2) is 4.98 Å². The lowest BCUT2D eigenvalue weighted by molar-refractivity contribution is 0.368. The maximum atomic E-state index is 4.50. The number of piperidine rings is 1. The molecule has 1 aliphatic heterocycles. The molecule has 4 heteroatoms. The molecule has 0 spiro atoms. The van der Waals surface area contributed by atoms with Crippen LogP contribution in [0.15, 0.2) is 23.7 Å². The van der Waals surface area contributed by atoms with Gasteiger partial charge in [-0.05, 0) is 43.3 Å². The van der Waals surface area contributed by atoms with E-state index in [-0.39, 0.29) is 0 Å². The van der Waals surface area contributed by atoms with Crippen LogP contribution < -0.4 is 5.32 Å². The van der Waals surface area contributed by atoms with Gasteiger partial charge in [0, 0.05) is 6.42 Å².